The van der Waals surface area contributed by atoms with Crippen LogP contribution >= 0.6 is 11.3 Å². The Balaban J connectivity index is 1.04. The molecule has 0 bridgehead atoms. The van der Waals surface area contributed by atoms with E-state index in [-0.39, 0.29) is 0 Å². The van der Waals surface area contributed by atoms with Gasteiger partial charge in [-0.2, -0.15) is 0 Å². The van der Waals surface area contributed by atoms with Gasteiger partial charge in [0.2, 0.25) is 0 Å². The average molecular weight is 709 g/mol. The highest BCUT2D eigenvalue weighted by atomic mass is 32.1. The molecular weight excluding hydrogens is 677 g/mol. The number of aromatic nitrogens is 1. The monoisotopic (exact) mass is 708 g/mol. The maximum absolute atomic E-state index is 6.58. The van der Waals surface area contributed by atoms with Crippen LogP contribution in [0.25, 0.3) is 81.1 Å². The van der Waals surface area contributed by atoms with E-state index >= 15 is 0 Å². The molecule has 3 aromatic heterocycles. The summed E-state index contributed by atoms with van der Waals surface area (Å²) in [4.78, 5) is 3.59. The number of furan rings is 1. The van der Waals surface area contributed by atoms with Crippen LogP contribution in [-0.2, 0) is 0 Å². The lowest BCUT2D eigenvalue weighted by molar-refractivity contribution is 0.669. The van der Waals surface area contributed by atoms with Crippen molar-refractivity contribution in [3.05, 3.63) is 194 Å². The summed E-state index contributed by atoms with van der Waals surface area (Å²) in [7, 11) is 0. The third kappa shape index (κ3) is 4.88. The summed E-state index contributed by atoms with van der Waals surface area (Å²) in [5, 5.41) is 6.11. The SMILES string of the molecule is c1ccc(-c2ccc(N(c3ccc(-c4ccc5sc6c(c5c4)c4ccccc4n6-c4ccccc4)cc3)c3cccc4c3oc3ccccc34)cc2)cc1. The molecule has 0 saturated carbocycles. The van der Waals surface area contributed by atoms with Crippen molar-refractivity contribution in [3.63, 3.8) is 0 Å². The zero-order valence-corrected chi connectivity index (χ0v) is 30.0. The van der Waals surface area contributed by atoms with Gasteiger partial charge in [0.25, 0.3) is 0 Å². The van der Waals surface area contributed by atoms with Crippen LogP contribution in [0.3, 0.4) is 0 Å². The Bertz CT molecular complexity index is 3140. The van der Waals surface area contributed by atoms with Gasteiger partial charge in [-0.3, -0.25) is 0 Å². The maximum Gasteiger partial charge on any atom is 0.159 e. The Morgan fingerprint density at radius 2 is 1.04 bits per heavy atom. The van der Waals surface area contributed by atoms with Crippen molar-refractivity contribution in [2.24, 2.45) is 0 Å². The molecule has 0 aliphatic rings. The van der Waals surface area contributed by atoms with Crippen molar-refractivity contribution >= 4 is 81.5 Å². The summed E-state index contributed by atoms with van der Waals surface area (Å²) in [5.41, 5.74) is 12.1. The van der Waals surface area contributed by atoms with Crippen molar-refractivity contribution in [2.45, 2.75) is 0 Å². The zero-order chi connectivity index (χ0) is 35.6. The molecular formula is C50H32N2OS. The molecule has 8 aromatic carbocycles. The highest BCUT2D eigenvalue weighted by molar-refractivity contribution is 7.25. The van der Waals surface area contributed by atoms with Crippen LogP contribution in [0.15, 0.2) is 199 Å². The fourth-order valence-electron chi connectivity index (χ4n) is 8.08. The number of hydrogen-bond acceptors (Lipinski definition) is 3. The van der Waals surface area contributed by atoms with E-state index in [1.807, 2.05) is 23.5 Å². The van der Waals surface area contributed by atoms with Crippen LogP contribution < -0.4 is 4.90 Å². The predicted molar refractivity (Wildman–Crippen MR) is 229 cm³/mol. The number of anilines is 3. The summed E-state index contributed by atoms with van der Waals surface area (Å²) in [6.45, 7) is 0. The lowest BCUT2D eigenvalue weighted by Gasteiger charge is -2.26. The number of rotatable bonds is 6. The standard InChI is InChI=1S/C50H32N2OS/c1-3-12-33(13-4-1)34-22-27-38(28-23-34)51(45-20-11-18-41-40-16-8-10-21-46(40)53-49(41)45)39-29-24-35(25-30-39)36-26-31-47-43(32-36)48-42-17-7-9-19-44(42)52(50(48)54-47)37-14-5-2-6-15-37/h1-32H. The summed E-state index contributed by atoms with van der Waals surface area (Å²) >= 11 is 1.86. The minimum atomic E-state index is 0.872. The molecule has 4 heteroatoms. The maximum atomic E-state index is 6.58. The van der Waals surface area contributed by atoms with Gasteiger partial charge in [-0.05, 0) is 89.0 Å². The molecule has 0 aliphatic carbocycles. The van der Waals surface area contributed by atoms with Crippen molar-refractivity contribution in [3.8, 4) is 27.9 Å². The van der Waals surface area contributed by atoms with Gasteiger partial charge >= 0.3 is 0 Å². The lowest BCUT2D eigenvalue weighted by Crippen LogP contribution is -2.10. The third-order valence-electron chi connectivity index (χ3n) is 10.6. The zero-order valence-electron chi connectivity index (χ0n) is 29.2. The molecule has 11 aromatic rings. The van der Waals surface area contributed by atoms with E-state index in [2.05, 4.69) is 191 Å². The summed E-state index contributed by atoms with van der Waals surface area (Å²) in [5.74, 6) is 0. The second-order valence-corrected chi connectivity index (χ2v) is 14.8. The Labute approximate surface area is 316 Å². The molecule has 0 unspecified atom stereocenters. The van der Waals surface area contributed by atoms with E-state index in [1.165, 1.54) is 59.1 Å². The molecule has 0 amide bonds. The molecule has 0 saturated heterocycles. The Hall–Kier alpha value is -6.88. The van der Waals surface area contributed by atoms with E-state index in [1.54, 1.807) is 0 Å². The highest BCUT2D eigenvalue weighted by Crippen LogP contribution is 2.45. The predicted octanol–water partition coefficient (Wildman–Crippen LogP) is 14.7. The number of para-hydroxylation sites is 4. The minimum absolute atomic E-state index is 0.872. The smallest absolute Gasteiger partial charge is 0.159 e. The summed E-state index contributed by atoms with van der Waals surface area (Å²) in [6, 6.07) is 69.4. The van der Waals surface area contributed by atoms with Gasteiger partial charge in [0.15, 0.2) is 5.58 Å². The molecule has 3 nitrogen and oxygen atoms in total. The van der Waals surface area contributed by atoms with Crippen LogP contribution in [0.4, 0.5) is 17.1 Å². The molecule has 0 radical (unpaired) electrons. The van der Waals surface area contributed by atoms with Crippen molar-refractivity contribution in [2.75, 3.05) is 4.90 Å². The van der Waals surface area contributed by atoms with E-state index in [0.717, 1.165) is 39.0 Å². The van der Waals surface area contributed by atoms with Crippen molar-refractivity contribution in [1.82, 2.24) is 4.57 Å². The van der Waals surface area contributed by atoms with Crippen LogP contribution in [0.1, 0.15) is 0 Å². The van der Waals surface area contributed by atoms with E-state index in [0.29, 0.717) is 0 Å². The number of hydrogen-bond donors (Lipinski definition) is 0. The van der Waals surface area contributed by atoms with E-state index < -0.39 is 0 Å². The van der Waals surface area contributed by atoms with Gasteiger partial charge in [-0.1, -0.05) is 127 Å². The van der Waals surface area contributed by atoms with Gasteiger partial charge in [0.1, 0.15) is 10.4 Å². The first-order valence-electron chi connectivity index (χ1n) is 18.3. The largest absolute Gasteiger partial charge is 0.454 e. The Kier molecular flexibility index (Phi) is 7.04. The van der Waals surface area contributed by atoms with Gasteiger partial charge in [-0.25, -0.2) is 0 Å². The lowest BCUT2D eigenvalue weighted by atomic mass is 10.0. The molecule has 0 N–H and O–H groups in total. The molecule has 3 heterocycles. The quantitative estimate of drug-likeness (QED) is 0.171. The molecule has 11 rings (SSSR count). The number of benzene rings is 8. The molecule has 54 heavy (non-hydrogen) atoms. The first-order valence-corrected chi connectivity index (χ1v) is 19.1. The number of thiophene rings is 1. The fourth-order valence-corrected chi connectivity index (χ4v) is 9.31. The van der Waals surface area contributed by atoms with Crippen LogP contribution in [-0.4, -0.2) is 4.57 Å². The number of nitrogens with zero attached hydrogens (tertiary/aromatic N) is 2. The third-order valence-corrected chi connectivity index (χ3v) is 11.8. The van der Waals surface area contributed by atoms with Crippen LogP contribution in [0, 0.1) is 0 Å². The molecule has 0 atom stereocenters. The van der Waals surface area contributed by atoms with Gasteiger partial charge in [0, 0.05) is 48.7 Å². The minimum Gasteiger partial charge on any atom is -0.454 e. The topological polar surface area (TPSA) is 21.3 Å². The molecule has 0 aliphatic heterocycles. The fraction of sp³-hybridized carbons (Fsp3) is 0. The van der Waals surface area contributed by atoms with Gasteiger partial charge in [-0.15, -0.1) is 11.3 Å². The summed E-state index contributed by atoms with van der Waals surface area (Å²) in [6.07, 6.45) is 0. The van der Waals surface area contributed by atoms with Crippen molar-refractivity contribution < 1.29 is 4.42 Å². The molecule has 254 valence electrons. The Morgan fingerprint density at radius 3 is 1.80 bits per heavy atom. The Morgan fingerprint density at radius 1 is 0.444 bits per heavy atom. The van der Waals surface area contributed by atoms with Crippen LogP contribution in [0.2, 0.25) is 0 Å². The van der Waals surface area contributed by atoms with Crippen molar-refractivity contribution in [1.29, 1.82) is 0 Å². The highest BCUT2D eigenvalue weighted by Gasteiger charge is 2.21. The van der Waals surface area contributed by atoms with Crippen LogP contribution in [0.5, 0.6) is 0 Å². The number of fused-ring (bicyclic) bond motifs is 8. The van der Waals surface area contributed by atoms with Gasteiger partial charge < -0.3 is 13.9 Å². The molecule has 0 spiro atoms. The second-order valence-electron chi connectivity index (χ2n) is 13.7. The average Bonchev–Trinajstić information content (AvgIpc) is 3.91. The first-order chi connectivity index (χ1) is 26.8. The first kappa shape index (κ1) is 30.7. The summed E-state index contributed by atoms with van der Waals surface area (Å²) < 4.78 is 10.3. The second kappa shape index (κ2) is 12.4. The molecule has 0 fully saturated rings. The normalized spacial score (nSPS) is 11.7. The van der Waals surface area contributed by atoms with Gasteiger partial charge in [0.05, 0.1) is 11.2 Å². The van der Waals surface area contributed by atoms with E-state index in [9.17, 15) is 0 Å². The van der Waals surface area contributed by atoms with E-state index in [4.69, 9.17) is 4.42 Å².